The zero-order valence-electron chi connectivity index (χ0n) is 12.8. The summed E-state index contributed by atoms with van der Waals surface area (Å²) < 4.78 is 39.3. The monoisotopic (exact) mass is 331 g/mol. The number of piperidine rings is 1. The maximum Gasteiger partial charge on any atom is 0.416 e. The Labute approximate surface area is 132 Å². The minimum atomic E-state index is -4.44. The van der Waals surface area contributed by atoms with Crippen LogP contribution < -0.4 is 5.73 Å². The zero-order valence-corrected chi connectivity index (χ0v) is 12.8. The highest BCUT2D eigenvalue weighted by Crippen LogP contribution is 2.34. The van der Waals surface area contributed by atoms with E-state index in [-0.39, 0.29) is 23.8 Å². The number of nitrogens with zero attached hydrogens (tertiary/aromatic N) is 2. The molecule has 128 valence electrons. The molecule has 5 nitrogen and oxygen atoms in total. The summed E-state index contributed by atoms with van der Waals surface area (Å²) in [7, 11) is 1.52. The smallest absolute Gasteiger partial charge is 0.416 e. The van der Waals surface area contributed by atoms with E-state index in [0.717, 1.165) is 6.07 Å². The molecule has 2 rings (SSSR count). The first-order valence-corrected chi connectivity index (χ1v) is 7.32. The molecule has 3 N–H and O–H groups in total. The Kier molecular flexibility index (Phi) is 5.03. The van der Waals surface area contributed by atoms with E-state index in [4.69, 9.17) is 10.8 Å². The number of carbonyl (C=O) groups is 1. The van der Waals surface area contributed by atoms with Gasteiger partial charge in [0.05, 0.1) is 5.56 Å². The van der Waals surface area contributed by atoms with Crippen LogP contribution in [-0.2, 0) is 12.7 Å². The molecular weight excluding hydrogens is 311 g/mol. The minimum absolute atomic E-state index is 0.0859. The van der Waals surface area contributed by atoms with Gasteiger partial charge < -0.3 is 15.7 Å². The lowest BCUT2D eigenvalue weighted by Crippen LogP contribution is -2.45. The molecule has 0 atom stereocenters. The van der Waals surface area contributed by atoms with Gasteiger partial charge >= 0.3 is 12.3 Å². The van der Waals surface area contributed by atoms with E-state index in [0.29, 0.717) is 25.9 Å². The fraction of sp³-hybridized carbons (Fsp3) is 0.533. The van der Waals surface area contributed by atoms with Gasteiger partial charge in [0.25, 0.3) is 0 Å². The van der Waals surface area contributed by atoms with E-state index < -0.39 is 17.8 Å². The van der Waals surface area contributed by atoms with Crippen LogP contribution >= 0.6 is 0 Å². The van der Waals surface area contributed by atoms with E-state index in [1.165, 1.54) is 24.1 Å². The number of nitrogen functional groups attached to an aromatic ring is 1. The standard InChI is InChI=1S/C15H20F3N3O2/c1-20(14(22)23)12-4-6-21(7-5-12)9-10-2-3-11(19)8-13(10)15(16,17)18/h2-3,8,12H,4-7,9,19H2,1H3,(H,22,23). The third-order valence-electron chi connectivity index (χ3n) is 4.24. The number of nitrogens with two attached hydrogens (primary N) is 1. The number of rotatable bonds is 3. The van der Waals surface area contributed by atoms with Gasteiger partial charge in [0.15, 0.2) is 0 Å². The van der Waals surface area contributed by atoms with Crippen molar-refractivity contribution in [3.8, 4) is 0 Å². The number of amides is 1. The second kappa shape index (κ2) is 6.66. The molecule has 1 aromatic carbocycles. The SMILES string of the molecule is CN(C(=O)O)C1CCN(Cc2ccc(N)cc2C(F)(F)F)CC1. The van der Waals surface area contributed by atoms with Crippen molar-refractivity contribution in [3.63, 3.8) is 0 Å². The van der Waals surface area contributed by atoms with Gasteiger partial charge in [-0.15, -0.1) is 0 Å². The Morgan fingerprint density at radius 3 is 2.52 bits per heavy atom. The fourth-order valence-electron chi connectivity index (χ4n) is 2.86. The van der Waals surface area contributed by atoms with Gasteiger partial charge in [0, 0.05) is 38.4 Å². The van der Waals surface area contributed by atoms with Crippen LogP contribution in [0.15, 0.2) is 18.2 Å². The van der Waals surface area contributed by atoms with E-state index >= 15 is 0 Å². The van der Waals surface area contributed by atoms with Crippen molar-refractivity contribution in [2.75, 3.05) is 25.9 Å². The van der Waals surface area contributed by atoms with E-state index in [1.807, 2.05) is 4.90 Å². The first-order chi connectivity index (χ1) is 10.7. The summed E-state index contributed by atoms with van der Waals surface area (Å²) in [6.07, 6.45) is -4.20. The lowest BCUT2D eigenvalue weighted by atomic mass is 10.0. The number of hydrogen-bond donors (Lipinski definition) is 2. The Morgan fingerprint density at radius 1 is 1.39 bits per heavy atom. The van der Waals surface area contributed by atoms with Gasteiger partial charge in [0.2, 0.25) is 0 Å². The van der Waals surface area contributed by atoms with Crippen LogP contribution in [0.3, 0.4) is 0 Å². The van der Waals surface area contributed by atoms with Gasteiger partial charge in [0.1, 0.15) is 0 Å². The van der Waals surface area contributed by atoms with Crippen molar-refractivity contribution in [2.24, 2.45) is 0 Å². The first kappa shape index (κ1) is 17.4. The van der Waals surface area contributed by atoms with E-state index in [9.17, 15) is 18.0 Å². The predicted octanol–water partition coefficient (Wildman–Crippen LogP) is 2.86. The molecule has 1 heterocycles. The van der Waals surface area contributed by atoms with Crippen molar-refractivity contribution in [1.82, 2.24) is 9.80 Å². The fourth-order valence-corrected chi connectivity index (χ4v) is 2.86. The molecule has 0 spiro atoms. The van der Waals surface area contributed by atoms with Crippen LogP contribution in [0.2, 0.25) is 0 Å². The summed E-state index contributed by atoms with van der Waals surface area (Å²) >= 11 is 0. The van der Waals surface area contributed by atoms with Crippen LogP contribution in [0.25, 0.3) is 0 Å². The average molecular weight is 331 g/mol. The Morgan fingerprint density at radius 2 is 2.00 bits per heavy atom. The molecule has 1 aliphatic rings. The highest BCUT2D eigenvalue weighted by atomic mass is 19.4. The molecule has 8 heteroatoms. The molecule has 0 aliphatic carbocycles. The first-order valence-electron chi connectivity index (χ1n) is 7.32. The highest BCUT2D eigenvalue weighted by molar-refractivity contribution is 5.64. The molecule has 1 amide bonds. The molecule has 1 aliphatic heterocycles. The van der Waals surface area contributed by atoms with Crippen molar-refractivity contribution in [3.05, 3.63) is 29.3 Å². The van der Waals surface area contributed by atoms with E-state index in [2.05, 4.69) is 0 Å². The molecular formula is C15H20F3N3O2. The Hall–Kier alpha value is -1.96. The van der Waals surface area contributed by atoms with Gasteiger partial charge in [-0.3, -0.25) is 4.90 Å². The Bertz CT molecular complexity index is 570. The third kappa shape index (κ3) is 4.28. The molecule has 1 aromatic rings. The number of anilines is 1. The largest absolute Gasteiger partial charge is 0.465 e. The zero-order chi connectivity index (χ0) is 17.2. The lowest BCUT2D eigenvalue weighted by Gasteiger charge is -2.35. The van der Waals surface area contributed by atoms with Crippen molar-refractivity contribution < 1.29 is 23.1 Å². The number of hydrogen-bond acceptors (Lipinski definition) is 3. The van der Waals surface area contributed by atoms with E-state index in [1.54, 1.807) is 0 Å². The number of halogens is 3. The van der Waals surface area contributed by atoms with Crippen LogP contribution in [-0.4, -0.2) is 47.2 Å². The minimum Gasteiger partial charge on any atom is -0.465 e. The molecule has 0 radical (unpaired) electrons. The second-order valence-electron chi connectivity index (χ2n) is 5.82. The number of alkyl halides is 3. The summed E-state index contributed by atoms with van der Waals surface area (Å²) in [5.41, 5.74) is 5.03. The van der Waals surface area contributed by atoms with Crippen LogP contribution in [0, 0.1) is 0 Å². The Balaban J connectivity index is 2.04. The van der Waals surface area contributed by atoms with Gasteiger partial charge in [-0.1, -0.05) is 6.07 Å². The normalized spacial score (nSPS) is 17.2. The van der Waals surface area contributed by atoms with Crippen molar-refractivity contribution in [2.45, 2.75) is 31.6 Å². The number of likely N-dealkylation sites (tertiary alicyclic amines) is 1. The van der Waals surface area contributed by atoms with Gasteiger partial charge in [-0.2, -0.15) is 13.2 Å². The molecule has 1 saturated heterocycles. The van der Waals surface area contributed by atoms with Crippen LogP contribution in [0.4, 0.5) is 23.7 Å². The molecule has 0 aromatic heterocycles. The third-order valence-corrected chi connectivity index (χ3v) is 4.24. The molecule has 1 fully saturated rings. The van der Waals surface area contributed by atoms with Gasteiger partial charge in [-0.05, 0) is 30.5 Å². The molecule has 0 unspecified atom stereocenters. The highest BCUT2D eigenvalue weighted by Gasteiger charge is 2.34. The summed E-state index contributed by atoms with van der Waals surface area (Å²) in [5, 5.41) is 8.96. The molecule has 0 saturated carbocycles. The number of benzene rings is 1. The maximum absolute atomic E-state index is 13.1. The van der Waals surface area contributed by atoms with Crippen LogP contribution in [0.1, 0.15) is 24.0 Å². The molecule has 23 heavy (non-hydrogen) atoms. The summed E-state index contributed by atoms with van der Waals surface area (Å²) in [4.78, 5) is 14.1. The summed E-state index contributed by atoms with van der Waals surface area (Å²) in [6, 6.07) is 3.75. The quantitative estimate of drug-likeness (QED) is 0.836. The second-order valence-corrected chi connectivity index (χ2v) is 5.82. The van der Waals surface area contributed by atoms with Crippen molar-refractivity contribution >= 4 is 11.8 Å². The van der Waals surface area contributed by atoms with Crippen molar-refractivity contribution in [1.29, 1.82) is 0 Å². The summed E-state index contributed by atoms with van der Waals surface area (Å²) in [6.45, 7) is 1.30. The molecule has 0 bridgehead atoms. The van der Waals surface area contributed by atoms with Crippen LogP contribution in [0.5, 0.6) is 0 Å². The lowest BCUT2D eigenvalue weighted by molar-refractivity contribution is -0.138. The average Bonchev–Trinajstić information content (AvgIpc) is 2.48. The summed E-state index contributed by atoms with van der Waals surface area (Å²) in [5.74, 6) is 0. The predicted molar refractivity (Wildman–Crippen MR) is 79.9 cm³/mol. The maximum atomic E-state index is 13.1. The topological polar surface area (TPSA) is 69.8 Å². The number of carboxylic acid groups (broad SMARTS) is 1. The van der Waals surface area contributed by atoms with Gasteiger partial charge in [-0.25, -0.2) is 4.79 Å².